The topological polar surface area (TPSA) is 3.24 Å². The van der Waals surface area contributed by atoms with Gasteiger partial charge in [0.25, 0.3) is 0 Å². The van der Waals surface area contributed by atoms with Crippen molar-refractivity contribution in [1.29, 1.82) is 0 Å². The molecule has 2 fully saturated rings. The number of likely N-dealkylation sites (tertiary alicyclic amines) is 1. The Bertz CT molecular complexity index is 129. The predicted molar refractivity (Wildman–Crippen MR) is 63.6 cm³/mol. The van der Waals surface area contributed by atoms with E-state index in [9.17, 15) is 0 Å². The van der Waals surface area contributed by atoms with E-state index in [1.165, 1.54) is 51.6 Å². The zero-order valence-electron chi connectivity index (χ0n) is 10.3. The molecule has 1 saturated carbocycles. The molecule has 1 heteroatoms. The van der Waals surface area contributed by atoms with Crippen LogP contribution < -0.4 is 0 Å². The van der Waals surface area contributed by atoms with Crippen molar-refractivity contribution in [2.45, 2.75) is 65.3 Å². The molecule has 0 unspecified atom stereocenters. The van der Waals surface area contributed by atoms with Crippen molar-refractivity contribution in [3.05, 3.63) is 0 Å². The average Bonchev–Trinajstić information content (AvgIpc) is 2.01. The van der Waals surface area contributed by atoms with Gasteiger partial charge in [-0.2, -0.15) is 0 Å². The Morgan fingerprint density at radius 2 is 1.36 bits per heavy atom. The molecule has 1 aliphatic carbocycles. The lowest BCUT2D eigenvalue weighted by atomic mass is 9.90. The van der Waals surface area contributed by atoms with Crippen molar-refractivity contribution in [1.82, 2.24) is 4.90 Å². The molecule has 1 aliphatic heterocycles. The minimum Gasteiger partial charge on any atom is -0.300 e. The van der Waals surface area contributed by atoms with E-state index in [-0.39, 0.29) is 0 Å². The van der Waals surface area contributed by atoms with Crippen molar-refractivity contribution >= 4 is 0 Å². The van der Waals surface area contributed by atoms with Crippen molar-refractivity contribution in [2.24, 2.45) is 5.92 Å². The smallest absolute Gasteiger partial charge is 0.00952 e. The van der Waals surface area contributed by atoms with Crippen LogP contribution >= 0.6 is 0 Å². The first-order chi connectivity index (χ1) is 6.70. The molecule has 0 aromatic rings. The van der Waals surface area contributed by atoms with E-state index in [2.05, 4.69) is 25.7 Å². The van der Waals surface area contributed by atoms with Gasteiger partial charge in [-0.05, 0) is 44.7 Å². The lowest BCUT2D eigenvalue weighted by molar-refractivity contribution is 0.105. The van der Waals surface area contributed by atoms with Crippen LogP contribution in [-0.2, 0) is 0 Å². The van der Waals surface area contributed by atoms with Gasteiger partial charge in [0.15, 0.2) is 0 Å². The van der Waals surface area contributed by atoms with Crippen LogP contribution in [0, 0.1) is 5.92 Å². The molecular formula is C13H27N. The number of piperidine rings is 1. The zero-order chi connectivity index (χ0) is 10.4. The highest BCUT2D eigenvalue weighted by Crippen LogP contribution is 2.26. The standard InChI is InChI=1S/C9H17N.C4H10/c1-2-7-10(8-3-1)9-5-4-6-9;1-4(2)3/h9H,1-8H2;4H,1-3H3. The molecule has 0 aromatic carbocycles. The van der Waals surface area contributed by atoms with E-state index in [0.717, 1.165) is 12.0 Å². The summed E-state index contributed by atoms with van der Waals surface area (Å²) < 4.78 is 0. The molecule has 1 heterocycles. The highest BCUT2D eigenvalue weighted by molar-refractivity contribution is 4.81. The van der Waals surface area contributed by atoms with Crippen molar-refractivity contribution in [2.75, 3.05) is 13.1 Å². The lowest BCUT2D eigenvalue weighted by Gasteiger charge is -2.39. The van der Waals surface area contributed by atoms with Crippen LogP contribution in [0.25, 0.3) is 0 Å². The van der Waals surface area contributed by atoms with Crippen LogP contribution in [0.15, 0.2) is 0 Å². The molecule has 2 aliphatic rings. The van der Waals surface area contributed by atoms with E-state index in [0.29, 0.717) is 0 Å². The Morgan fingerprint density at radius 1 is 0.857 bits per heavy atom. The highest BCUT2D eigenvalue weighted by Gasteiger charge is 2.25. The summed E-state index contributed by atoms with van der Waals surface area (Å²) in [6.07, 6.45) is 8.84. The first-order valence-corrected chi connectivity index (χ1v) is 6.44. The number of hydrogen-bond acceptors (Lipinski definition) is 1. The van der Waals surface area contributed by atoms with Crippen LogP contribution in [0.3, 0.4) is 0 Å². The van der Waals surface area contributed by atoms with Crippen LogP contribution in [0.2, 0.25) is 0 Å². The molecule has 0 atom stereocenters. The van der Waals surface area contributed by atoms with E-state index < -0.39 is 0 Å². The Morgan fingerprint density at radius 3 is 1.71 bits per heavy atom. The van der Waals surface area contributed by atoms with Gasteiger partial charge in [0, 0.05) is 6.04 Å². The van der Waals surface area contributed by atoms with E-state index in [1.807, 2.05) is 0 Å². The van der Waals surface area contributed by atoms with Crippen LogP contribution in [0.5, 0.6) is 0 Å². The number of rotatable bonds is 1. The van der Waals surface area contributed by atoms with E-state index in [1.54, 1.807) is 0 Å². The minimum atomic E-state index is 0.833. The molecule has 0 N–H and O–H groups in total. The fourth-order valence-corrected chi connectivity index (χ4v) is 2.04. The Kier molecular flexibility index (Phi) is 5.54. The molecule has 0 spiro atoms. The monoisotopic (exact) mass is 197 g/mol. The van der Waals surface area contributed by atoms with E-state index >= 15 is 0 Å². The fraction of sp³-hybridized carbons (Fsp3) is 1.00. The summed E-state index contributed by atoms with van der Waals surface area (Å²) >= 11 is 0. The van der Waals surface area contributed by atoms with Crippen LogP contribution in [-0.4, -0.2) is 24.0 Å². The van der Waals surface area contributed by atoms with Gasteiger partial charge >= 0.3 is 0 Å². The van der Waals surface area contributed by atoms with E-state index in [4.69, 9.17) is 0 Å². The molecular weight excluding hydrogens is 170 g/mol. The summed E-state index contributed by atoms with van der Waals surface area (Å²) in [7, 11) is 0. The van der Waals surface area contributed by atoms with Gasteiger partial charge in [-0.3, -0.25) is 0 Å². The first kappa shape index (κ1) is 12.0. The van der Waals surface area contributed by atoms with Crippen molar-refractivity contribution < 1.29 is 0 Å². The largest absolute Gasteiger partial charge is 0.300 e. The van der Waals surface area contributed by atoms with Gasteiger partial charge in [-0.15, -0.1) is 0 Å². The molecule has 0 amide bonds. The summed E-state index contributed by atoms with van der Waals surface area (Å²) in [6, 6.07) is 1.00. The van der Waals surface area contributed by atoms with Gasteiger partial charge in [-0.1, -0.05) is 33.6 Å². The minimum absolute atomic E-state index is 0.833. The molecule has 1 saturated heterocycles. The van der Waals surface area contributed by atoms with Gasteiger partial charge < -0.3 is 4.90 Å². The van der Waals surface area contributed by atoms with Crippen molar-refractivity contribution in [3.63, 3.8) is 0 Å². The molecule has 0 bridgehead atoms. The molecule has 2 rings (SSSR count). The molecule has 0 aromatic heterocycles. The maximum absolute atomic E-state index is 2.70. The average molecular weight is 197 g/mol. The quantitative estimate of drug-likeness (QED) is 0.620. The van der Waals surface area contributed by atoms with Crippen LogP contribution in [0.1, 0.15) is 59.3 Å². The summed E-state index contributed by atoms with van der Waals surface area (Å²) in [5.74, 6) is 0.833. The third kappa shape index (κ3) is 4.45. The number of nitrogens with zero attached hydrogens (tertiary/aromatic N) is 1. The molecule has 0 radical (unpaired) electrons. The van der Waals surface area contributed by atoms with Crippen molar-refractivity contribution in [3.8, 4) is 0 Å². The first-order valence-electron chi connectivity index (χ1n) is 6.44. The third-order valence-corrected chi connectivity index (χ3v) is 2.98. The van der Waals surface area contributed by atoms with Gasteiger partial charge in [0.2, 0.25) is 0 Å². The fourth-order valence-electron chi connectivity index (χ4n) is 2.04. The second-order valence-electron chi connectivity index (χ2n) is 5.41. The lowest BCUT2D eigenvalue weighted by Crippen LogP contribution is -2.42. The summed E-state index contributed by atoms with van der Waals surface area (Å²) in [4.78, 5) is 2.70. The van der Waals surface area contributed by atoms with Gasteiger partial charge in [0.05, 0.1) is 0 Å². The Hall–Kier alpha value is -0.0400. The third-order valence-electron chi connectivity index (χ3n) is 2.98. The maximum atomic E-state index is 2.70. The second-order valence-corrected chi connectivity index (χ2v) is 5.41. The Balaban J connectivity index is 0.000000213. The highest BCUT2D eigenvalue weighted by atomic mass is 15.2. The van der Waals surface area contributed by atoms with Crippen LogP contribution in [0.4, 0.5) is 0 Å². The Labute approximate surface area is 89.9 Å². The summed E-state index contributed by atoms with van der Waals surface area (Å²) in [5, 5.41) is 0. The predicted octanol–water partition coefficient (Wildman–Crippen LogP) is 3.69. The summed E-state index contributed by atoms with van der Waals surface area (Å²) in [6.45, 7) is 9.29. The second kappa shape index (κ2) is 6.44. The molecule has 14 heavy (non-hydrogen) atoms. The van der Waals surface area contributed by atoms with Gasteiger partial charge in [-0.25, -0.2) is 0 Å². The summed E-state index contributed by atoms with van der Waals surface area (Å²) in [5.41, 5.74) is 0. The normalized spacial score (nSPS) is 24.0. The number of hydrogen-bond donors (Lipinski definition) is 0. The maximum Gasteiger partial charge on any atom is 0.00952 e. The zero-order valence-corrected chi connectivity index (χ0v) is 10.3. The SMILES string of the molecule is C1CCN(C2CCC2)CC1.CC(C)C. The van der Waals surface area contributed by atoms with Gasteiger partial charge in [0.1, 0.15) is 0 Å². The molecule has 84 valence electrons. The molecule has 1 nitrogen and oxygen atoms in total.